The van der Waals surface area contributed by atoms with Crippen molar-refractivity contribution in [3.05, 3.63) is 23.9 Å². The largest absolute Gasteiger partial charge is 0.481 e. The first kappa shape index (κ1) is 20.6. The maximum Gasteiger partial charge on any atom is 0.417 e. The van der Waals surface area contributed by atoms with E-state index in [2.05, 4.69) is 9.71 Å². The quantitative estimate of drug-likeness (QED) is 0.726. The first-order valence-corrected chi connectivity index (χ1v) is 10.5. The number of hydrogen-bond acceptors (Lipinski definition) is 6. The van der Waals surface area contributed by atoms with Crippen molar-refractivity contribution in [2.45, 2.75) is 36.0 Å². The van der Waals surface area contributed by atoms with Crippen molar-refractivity contribution in [3.63, 3.8) is 0 Å². The molecule has 2 rings (SSSR count). The Morgan fingerprint density at radius 2 is 1.85 bits per heavy atom. The van der Waals surface area contributed by atoms with Gasteiger partial charge in [0.05, 0.1) is 23.5 Å². The van der Waals surface area contributed by atoms with E-state index in [9.17, 15) is 34.8 Å². The summed E-state index contributed by atoms with van der Waals surface area (Å²) in [5.41, 5.74) is -2.69. The monoisotopic (exact) mass is 416 g/mol. The molecule has 0 amide bonds. The molecule has 0 aliphatic carbocycles. The Bertz CT molecular complexity index is 881. The fraction of sp³-hybridized carbons (Fsp3) is 0.538. The molecule has 2 N–H and O–H groups in total. The maximum atomic E-state index is 12.5. The van der Waals surface area contributed by atoms with Gasteiger partial charge in [-0.1, -0.05) is 0 Å². The standard InChI is InChI=1S/C13H15F3N2O6S2/c14-13(15,16)9-1-2-10(17-8-9)26(23,24)18-12(7-11(19)20)3-5-25(21,22)6-4-12/h1-2,8,18H,3-7H2,(H,19,20). The second kappa shape index (κ2) is 6.78. The average Bonchev–Trinajstić information content (AvgIpc) is 2.49. The van der Waals surface area contributed by atoms with Crippen LogP contribution in [0.2, 0.25) is 0 Å². The normalized spacial score (nSPS) is 19.8. The molecule has 0 aromatic carbocycles. The van der Waals surface area contributed by atoms with Gasteiger partial charge in [0.2, 0.25) is 0 Å². The highest BCUT2D eigenvalue weighted by molar-refractivity contribution is 7.91. The number of nitrogens with one attached hydrogen (secondary N) is 1. The Balaban J connectivity index is 2.30. The van der Waals surface area contributed by atoms with Crippen molar-refractivity contribution >= 4 is 25.8 Å². The Hall–Kier alpha value is -1.73. The molecule has 8 nitrogen and oxygen atoms in total. The average molecular weight is 416 g/mol. The van der Waals surface area contributed by atoms with E-state index in [-0.39, 0.29) is 12.8 Å². The van der Waals surface area contributed by atoms with Gasteiger partial charge in [-0.05, 0) is 25.0 Å². The summed E-state index contributed by atoms with van der Waals surface area (Å²) in [4.78, 5) is 14.4. The summed E-state index contributed by atoms with van der Waals surface area (Å²) in [5, 5.41) is 8.31. The highest BCUT2D eigenvalue weighted by Gasteiger charge is 2.42. The summed E-state index contributed by atoms with van der Waals surface area (Å²) < 4.78 is 87.7. The van der Waals surface area contributed by atoms with E-state index < -0.39 is 66.1 Å². The first-order valence-electron chi connectivity index (χ1n) is 7.24. The van der Waals surface area contributed by atoms with E-state index in [1.54, 1.807) is 0 Å². The lowest BCUT2D eigenvalue weighted by Gasteiger charge is -2.36. The smallest absolute Gasteiger partial charge is 0.417 e. The topological polar surface area (TPSA) is 130 Å². The second-order valence-corrected chi connectivity index (χ2v) is 9.92. The molecular formula is C13H15F3N2O6S2. The highest BCUT2D eigenvalue weighted by atomic mass is 32.2. The number of rotatable bonds is 5. The number of halogens is 3. The van der Waals surface area contributed by atoms with Gasteiger partial charge < -0.3 is 5.11 Å². The van der Waals surface area contributed by atoms with E-state index in [0.717, 1.165) is 0 Å². The number of nitrogens with zero attached hydrogens (tertiary/aromatic N) is 1. The summed E-state index contributed by atoms with van der Waals surface area (Å²) in [6.45, 7) is 0. The lowest BCUT2D eigenvalue weighted by atomic mass is 9.90. The van der Waals surface area contributed by atoms with Crippen LogP contribution in [0.15, 0.2) is 23.4 Å². The predicted molar refractivity (Wildman–Crippen MR) is 82.4 cm³/mol. The molecule has 0 radical (unpaired) electrons. The summed E-state index contributed by atoms with van der Waals surface area (Å²) in [6.07, 6.45) is -5.53. The third-order valence-electron chi connectivity index (χ3n) is 3.96. The molecular weight excluding hydrogens is 401 g/mol. The molecule has 0 spiro atoms. The minimum absolute atomic E-state index is 0.262. The summed E-state index contributed by atoms with van der Waals surface area (Å²) >= 11 is 0. The fourth-order valence-electron chi connectivity index (χ4n) is 2.58. The molecule has 146 valence electrons. The number of sulfonamides is 1. The van der Waals surface area contributed by atoms with Crippen molar-refractivity contribution in [1.82, 2.24) is 9.71 Å². The molecule has 1 aliphatic heterocycles. The van der Waals surface area contributed by atoms with Crippen molar-refractivity contribution < 1.29 is 39.9 Å². The van der Waals surface area contributed by atoms with Gasteiger partial charge >= 0.3 is 12.1 Å². The van der Waals surface area contributed by atoms with Crippen LogP contribution < -0.4 is 4.72 Å². The number of aromatic nitrogens is 1. The van der Waals surface area contributed by atoms with Gasteiger partial charge in [-0.2, -0.15) is 13.2 Å². The van der Waals surface area contributed by atoms with Crippen LogP contribution in [0.25, 0.3) is 0 Å². The highest BCUT2D eigenvalue weighted by Crippen LogP contribution is 2.31. The zero-order valence-corrected chi connectivity index (χ0v) is 14.8. The third-order valence-corrected chi connectivity index (χ3v) is 7.11. The van der Waals surface area contributed by atoms with Crippen molar-refractivity contribution in [1.29, 1.82) is 0 Å². The Morgan fingerprint density at radius 1 is 1.27 bits per heavy atom. The van der Waals surface area contributed by atoms with E-state index >= 15 is 0 Å². The number of sulfone groups is 1. The number of pyridine rings is 1. The van der Waals surface area contributed by atoms with Crippen LogP contribution in [0.4, 0.5) is 13.2 Å². The Morgan fingerprint density at radius 3 is 2.27 bits per heavy atom. The number of hydrogen-bond donors (Lipinski definition) is 2. The van der Waals surface area contributed by atoms with Gasteiger partial charge in [0.25, 0.3) is 10.0 Å². The summed E-state index contributed by atoms with van der Waals surface area (Å²) in [7, 11) is -7.85. The maximum absolute atomic E-state index is 12.5. The van der Waals surface area contributed by atoms with Gasteiger partial charge in [-0.3, -0.25) is 4.79 Å². The van der Waals surface area contributed by atoms with Gasteiger partial charge in [0.15, 0.2) is 5.03 Å². The second-order valence-electron chi connectivity index (χ2n) is 5.99. The molecule has 1 aromatic heterocycles. The van der Waals surface area contributed by atoms with Gasteiger partial charge in [-0.15, -0.1) is 0 Å². The van der Waals surface area contributed by atoms with Crippen LogP contribution >= 0.6 is 0 Å². The van der Waals surface area contributed by atoms with Crippen LogP contribution in [-0.4, -0.2) is 49.9 Å². The fourth-order valence-corrected chi connectivity index (χ4v) is 5.57. The van der Waals surface area contributed by atoms with Gasteiger partial charge in [-0.25, -0.2) is 26.5 Å². The first-order chi connectivity index (χ1) is 11.7. The Kier molecular flexibility index (Phi) is 5.36. The van der Waals surface area contributed by atoms with Crippen LogP contribution in [-0.2, 0) is 30.8 Å². The number of alkyl halides is 3. The predicted octanol–water partition coefficient (Wildman–Crippen LogP) is 0.801. The molecule has 0 saturated carbocycles. The lowest BCUT2D eigenvalue weighted by Crippen LogP contribution is -2.54. The summed E-state index contributed by atoms with van der Waals surface area (Å²) in [6, 6.07) is 1.19. The molecule has 1 aromatic rings. The SMILES string of the molecule is O=C(O)CC1(NS(=O)(=O)c2ccc(C(F)(F)F)cn2)CCS(=O)(=O)CC1. The molecule has 26 heavy (non-hydrogen) atoms. The molecule has 1 aliphatic rings. The minimum Gasteiger partial charge on any atom is -0.481 e. The minimum atomic E-state index is -4.69. The van der Waals surface area contributed by atoms with Crippen LogP contribution in [0.1, 0.15) is 24.8 Å². The van der Waals surface area contributed by atoms with Crippen LogP contribution in [0.3, 0.4) is 0 Å². The van der Waals surface area contributed by atoms with Crippen LogP contribution in [0.5, 0.6) is 0 Å². The molecule has 0 bridgehead atoms. The molecule has 0 atom stereocenters. The molecule has 0 unspecified atom stereocenters. The van der Waals surface area contributed by atoms with E-state index in [1.807, 2.05) is 0 Å². The van der Waals surface area contributed by atoms with Crippen molar-refractivity contribution in [3.8, 4) is 0 Å². The lowest BCUT2D eigenvalue weighted by molar-refractivity contribution is -0.139. The van der Waals surface area contributed by atoms with Crippen molar-refractivity contribution in [2.75, 3.05) is 11.5 Å². The molecule has 13 heteroatoms. The number of carbonyl (C=O) groups is 1. The number of carboxylic acids is 1. The van der Waals surface area contributed by atoms with E-state index in [4.69, 9.17) is 5.11 Å². The zero-order valence-electron chi connectivity index (χ0n) is 13.2. The van der Waals surface area contributed by atoms with Gasteiger partial charge in [0.1, 0.15) is 9.84 Å². The van der Waals surface area contributed by atoms with Crippen LogP contribution in [0, 0.1) is 0 Å². The molecule has 2 heterocycles. The Labute approximate surface area is 147 Å². The number of carboxylic acid groups (broad SMARTS) is 1. The summed E-state index contributed by atoms with van der Waals surface area (Å²) in [5.74, 6) is -2.14. The van der Waals surface area contributed by atoms with E-state index in [0.29, 0.717) is 18.3 Å². The zero-order chi connectivity index (χ0) is 19.8. The van der Waals surface area contributed by atoms with Gasteiger partial charge in [0, 0.05) is 11.7 Å². The molecule has 1 fully saturated rings. The van der Waals surface area contributed by atoms with E-state index in [1.165, 1.54) is 0 Å². The van der Waals surface area contributed by atoms with Crippen molar-refractivity contribution in [2.24, 2.45) is 0 Å². The third kappa shape index (κ3) is 4.92. The number of aliphatic carboxylic acids is 1. The molecule has 1 saturated heterocycles.